The fourth-order valence-corrected chi connectivity index (χ4v) is 3.38. The minimum Gasteiger partial charge on any atom is -0.335 e. The van der Waals surface area contributed by atoms with Crippen molar-refractivity contribution < 1.29 is 14.4 Å². The summed E-state index contributed by atoms with van der Waals surface area (Å²) >= 11 is 3.38. The van der Waals surface area contributed by atoms with E-state index in [1.807, 2.05) is 39.0 Å². The molecule has 26 heavy (non-hydrogen) atoms. The van der Waals surface area contributed by atoms with Crippen LogP contribution in [0.2, 0.25) is 0 Å². The molecule has 1 aromatic rings. The second kappa shape index (κ2) is 8.20. The molecule has 1 fully saturated rings. The lowest BCUT2D eigenvalue weighted by atomic mass is 9.94. The first-order chi connectivity index (χ1) is 12.1. The molecule has 1 unspecified atom stereocenters. The number of amides is 3. The van der Waals surface area contributed by atoms with Gasteiger partial charge in [0.25, 0.3) is 0 Å². The van der Waals surface area contributed by atoms with Crippen LogP contribution >= 0.6 is 15.9 Å². The van der Waals surface area contributed by atoms with Crippen LogP contribution in [0.15, 0.2) is 28.7 Å². The largest absolute Gasteiger partial charge is 0.335 e. The highest BCUT2D eigenvalue weighted by molar-refractivity contribution is 9.10. The Morgan fingerprint density at radius 2 is 1.92 bits per heavy atom. The van der Waals surface area contributed by atoms with Crippen molar-refractivity contribution in [3.05, 3.63) is 28.7 Å². The normalized spacial score (nSPS) is 17.1. The number of rotatable bonds is 4. The van der Waals surface area contributed by atoms with Crippen molar-refractivity contribution in [2.24, 2.45) is 5.41 Å². The highest BCUT2D eigenvalue weighted by Gasteiger charge is 2.39. The van der Waals surface area contributed by atoms with Crippen LogP contribution in [0.1, 0.15) is 33.6 Å². The number of nitrogens with zero attached hydrogens (tertiary/aromatic N) is 2. The smallest absolute Gasteiger partial charge is 0.245 e. The number of nitrogens with one attached hydrogen (secondary N) is 1. The third-order valence-electron chi connectivity index (χ3n) is 4.35. The SMILES string of the molecule is CN(CC(=O)Nc1ccccc1Br)C(=O)C1CCCN1C(=O)C(C)(C)C. The Morgan fingerprint density at radius 1 is 1.27 bits per heavy atom. The fraction of sp³-hybridized carbons (Fsp3) is 0.526. The van der Waals surface area contributed by atoms with E-state index >= 15 is 0 Å². The zero-order chi connectivity index (χ0) is 19.5. The second-order valence-corrected chi connectivity index (χ2v) is 8.48. The van der Waals surface area contributed by atoms with E-state index in [9.17, 15) is 14.4 Å². The Hall–Kier alpha value is -1.89. The summed E-state index contributed by atoms with van der Waals surface area (Å²) in [6.45, 7) is 6.08. The Morgan fingerprint density at radius 3 is 2.54 bits per heavy atom. The van der Waals surface area contributed by atoms with Gasteiger partial charge in [-0.2, -0.15) is 0 Å². The van der Waals surface area contributed by atoms with Gasteiger partial charge in [-0.3, -0.25) is 14.4 Å². The van der Waals surface area contributed by atoms with Gasteiger partial charge in [-0.1, -0.05) is 32.9 Å². The molecule has 1 aliphatic rings. The van der Waals surface area contributed by atoms with Gasteiger partial charge in [0.15, 0.2) is 0 Å². The van der Waals surface area contributed by atoms with Crippen molar-refractivity contribution in [3.8, 4) is 0 Å². The van der Waals surface area contributed by atoms with Crippen LogP contribution in [0.3, 0.4) is 0 Å². The van der Waals surface area contributed by atoms with E-state index in [1.165, 1.54) is 4.90 Å². The molecular weight excluding hydrogens is 398 g/mol. The Balaban J connectivity index is 1.99. The van der Waals surface area contributed by atoms with Gasteiger partial charge in [-0.05, 0) is 40.9 Å². The summed E-state index contributed by atoms with van der Waals surface area (Å²) in [6, 6.07) is 6.81. The van der Waals surface area contributed by atoms with E-state index in [1.54, 1.807) is 18.0 Å². The van der Waals surface area contributed by atoms with E-state index in [4.69, 9.17) is 0 Å². The van der Waals surface area contributed by atoms with E-state index in [0.29, 0.717) is 18.7 Å². The van der Waals surface area contributed by atoms with Crippen LogP contribution in [0.4, 0.5) is 5.69 Å². The molecule has 0 spiro atoms. The first-order valence-electron chi connectivity index (χ1n) is 8.71. The van der Waals surface area contributed by atoms with Crippen LogP contribution in [-0.2, 0) is 14.4 Å². The fourth-order valence-electron chi connectivity index (χ4n) is 3.00. The molecule has 1 saturated heterocycles. The molecule has 1 aromatic carbocycles. The maximum Gasteiger partial charge on any atom is 0.245 e. The average molecular weight is 424 g/mol. The lowest BCUT2D eigenvalue weighted by molar-refractivity contribution is -0.148. The van der Waals surface area contributed by atoms with Gasteiger partial charge in [-0.15, -0.1) is 0 Å². The molecule has 1 aliphatic heterocycles. The van der Waals surface area contributed by atoms with Crippen molar-refractivity contribution in [1.29, 1.82) is 0 Å². The molecule has 3 amide bonds. The predicted molar refractivity (Wildman–Crippen MR) is 105 cm³/mol. The third kappa shape index (κ3) is 4.84. The average Bonchev–Trinajstić information content (AvgIpc) is 3.03. The summed E-state index contributed by atoms with van der Waals surface area (Å²) in [6.07, 6.45) is 1.44. The lowest BCUT2D eigenvalue weighted by Gasteiger charge is -2.32. The predicted octanol–water partition coefficient (Wildman–Crippen LogP) is 2.88. The van der Waals surface area contributed by atoms with E-state index in [0.717, 1.165) is 10.9 Å². The first-order valence-corrected chi connectivity index (χ1v) is 9.51. The number of carbonyl (C=O) groups excluding carboxylic acids is 3. The topological polar surface area (TPSA) is 69.7 Å². The summed E-state index contributed by atoms with van der Waals surface area (Å²) < 4.78 is 0.778. The van der Waals surface area contributed by atoms with Gasteiger partial charge < -0.3 is 15.1 Å². The molecule has 7 heteroatoms. The summed E-state index contributed by atoms with van der Waals surface area (Å²) in [4.78, 5) is 40.7. The summed E-state index contributed by atoms with van der Waals surface area (Å²) in [5, 5.41) is 2.78. The van der Waals surface area contributed by atoms with Crippen LogP contribution in [0.5, 0.6) is 0 Å². The number of para-hydroxylation sites is 1. The Labute approximate surface area is 163 Å². The molecule has 0 radical (unpaired) electrons. The number of benzene rings is 1. The van der Waals surface area contributed by atoms with Crippen molar-refractivity contribution in [1.82, 2.24) is 9.80 Å². The molecule has 0 saturated carbocycles. The van der Waals surface area contributed by atoms with Crippen LogP contribution in [0, 0.1) is 5.41 Å². The minimum atomic E-state index is -0.529. The summed E-state index contributed by atoms with van der Waals surface area (Å²) in [5.74, 6) is -0.499. The lowest BCUT2D eigenvalue weighted by Crippen LogP contribution is -2.50. The zero-order valence-electron chi connectivity index (χ0n) is 15.7. The van der Waals surface area contributed by atoms with E-state index in [2.05, 4.69) is 21.2 Å². The van der Waals surface area contributed by atoms with Crippen molar-refractivity contribution >= 4 is 39.3 Å². The Bertz CT molecular complexity index is 700. The molecule has 0 aliphatic carbocycles. The molecule has 2 rings (SSSR count). The number of hydrogen-bond donors (Lipinski definition) is 1. The number of hydrogen-bond acceptors (Lipinski definition) is 3. The van der Waals surface area contributed by atoms with Crippen molar-refractivity contribution in [2.75, 3.05) is 25.5 Å². The van der Waals surface area contributed by atoms with Gasteiger partial charge in [0.05, 0.1) is 12.2 Å². The highest BCUT2D eigenvalue weighted by Crippen LogP contribution is 2.26. The number of carbonyl (C=O) groups is 3. The third-order valence-corrected chi connectivity index (χ3v) is 5.04. The number of likely N-dealkylation sites (tertiary alicyclic amines) is 1. The van der Waals surface area contributed by atoms with Gasteiger partial charge in [0.1, 0.15) is 6.04 Å². The maximum absolute atomic E-state index is 12.8. The monoisotopic (exact) mass is 423 g/mol. The van der Waals surface area contributed by atoms with Crippen LogP contribution in [0.25, 0.3) is 0 Å². The number of likely N-dealkylation sites (N-methyl/N-ethyl adjacent to an activating group) is 1. The minimum absolute atomic E-state index is 0.0283. The van der Waals surface area contributed by atoms with Crippen LogP contribution in [-0.4, -0.2) is 53.7 Å². The number of anilines is 1. The molecular formula is C19H26BrN3O3. The van der Waals surface area contributed by atoms with Gasteiger partial charge >= 0.3 is 0 Å². The van der Waals surface area contributed by atoms with E-state index in [-0.39, 0.29) is 24.3 Å². The molecule has 1 heterocycles. The maximum atomic E-state index is 12.8. The molecule has 6 nitrogen and oxygen atoms in total. The van der Waals surface area contributed by atoms with Crippen molar-refractivity contribution in [2.45, 2.75) is 39.7 Å². The molecule has 0 aromatic heterocycles. The van der Waals surface area contributed by atoms with Crippen LogP contribution < -0.4 is 5.32 Å². The van der Waals surface area contributed by atoms with E-state index < -0.39 is 11.5 Å². The van der Waals surface area contributed by atoms with Gasteiger partial charge in [-0.25, -0.2) is 0 Å². The standard InChI is InChI=1S/C19H26BrN3O3/c1-19(2,3)18(26)23-11-7-10-15(23)17(25)22(4)12-16(24)21-14-9-6-5-8-13(14)20/h5-6,8-9,15H,7,10-12H2,1-4H3,(H,21,24). The molecule has 142 valence electrons. The molecule has 1 N–H and O–H groups in total. The summed E-state index contributed by atoms with van der Waals surface area (Å²) in [7, 11) is 1.60. The molecule has 1 atom stereocenters. The highest BCUT2D eigenvalue weighted by atomic mass is 79.9. The van der Waals surface area contributed by atoms with Gasteiger partial charge in [0, 0.05) is 23.5 Å². The van der Waals surface area contributed by atoms with Gasteiger partial charge in [0.2, 0.25) is 17.7 Å². The summed E-state index contributed by atoms with van der Waals surface area (Å²) in [5.41, 5.74) is 0.127. The zero-order valence-corrected chi connectivity index (χ0v) is 17.3. The second-order valence-electron chi connectivity index (χ2n) is 7.63. The Kier molecular flexibility index (Phi) is 6.44. The molecule has 0 bridgehead atoms. The number of halogens is 1. The van der Waals surface area contributed by atoms with Crippen molar-refractivity contribution in [3.63, 3.8) is 0 Å². The quantitative estimate of drug-likeness (QED) is 0.808. The first kappa shape index (κ1) is 20.4.